The van der Waals surface area contributed by atoms with Crippen molar-refractivity contribution < 1.29 is 4.79 Å². The first-order valence-corrected chi connectivity index (χ1v) is 8.79. The van der Waals surface area contributed by atoms with Crippen LogP contribution < -0.4 is 0 Å². The van der Waals surface area contributed by atoms with E-state index in [4.69, 9.17) is 0 Å². The van der Waals surface area contributed by atoms with E-state index < -0.39 is 0 Å². The molecule has 0 spiro atoms. The maximum absolute atomic E-state index is 12.0. The van der Waals surface area contributed by atoms with Crippen LogP contribution in [0.25, 0.3) is 11.2 Å². The summed E-state index contributed by atoms with van der Waals surface area (Å²) < 4.78 is 2.01. The summed E-state index contributed by atoms with van der Waals surface area (Å²) in [6.07, 6.45) is 2.90. The lowest BCUT2D eigenvalue weighted by atomic mass is 10.1. The Balaban J connectivity index is 1.50. The number of likely N-dealkylation sites (tertiary alicyclic amines) is 1. The molecule has 5 nitrogen and oxygen atoms in total. The third-order valence-electron chi connectivity index (χ3n) is 4.88. The van der Waals surface area contributed by atoms with Crippen molar-refractivity contribution in [2.75, 3.05) is 13.1 Å². The fourth-order valence-electron chi connectivity index (χ4n) is 3.71. The van der Waals surface area contributed by atoms with Crippen molar-refractivity contribution in [3.8, 4) is 0 Å². The van der Waals surface area contributed by atoms with E-state index in [1.807, 2.05) is 16.7 Å². The number of aromatic nitrogens is 3. The number of pyridine rings is 1. The number of Topliss-reactive ketones (excluding diaryl/α,β-unsaturated/α-hetero) is 1. The minimum atomic E-state index is -0.00265. The number of carbonyl (C=O) groups is 1. The third-order valence-corrected chi connectivity index (χ3v) is 4.88. The number of imidazole rings is 1. The van der Waals surface area contributed by atoms with Gasteiger partial charge in [-0.2, -0.15) is 0 Å². The van der Waals surface area contributed by atoms with E-state index >= 15 is 0 Å². The van der Waals surface area contributed by atoms with Gasteiger partial charge in [0.1, 0.15) is 5.52 Å². The first-order valence-electron chi connectivity index (χ1n) is 8.79. The topological polar surface area (TPSA) is 51.0 Å². The molecule has 0 radical (unpaired) electrons. The molecule has 5 heteroatoms. The average molecular weight is 334 g/mol. The number of fused-ring (bicyclic) bond motifs is 1. The van der Waals surface area contributed by atoms with Crippen molar-refractivity contribution in [3.63, 3.8) is 0 Å². The Labute approximate surface area is 147 Å². The van der Waals surface area contributed by atoms with Crippen molar-refractivity contribution in [3.05, 3.63) is 60.0 Å². The summed E-state index contributed by atoms with van der Waals surface area (Å²) >= 11 is 0. The highest BCUT2D eigenvalue weighted by Gasteiger charge is 2.25. The lowest BCUT2D eigenvalue weighted by Crippen LogP contribution is -2.22. The van der Waals surface area contributed by atoms with Gasteiger partial charge in [0.25, 0.3) is 0 Å². The predicted molar refractivity (Wildman–Crippen MR) is 97.4 cm³/mol. The Kier molecular flexibility index (Phi) is 4.32. The van der Waals surface area contributed by atoms with Crippen LogP contribution in [0.4, 0.5) is 0 Å². The number of hydrogen-bond donors (Lipinski definition) is 0. The molecule has 2 aromatic heterocycles. The number of ketones is 1. The largest absolute Gasteiger partial charge is 0.306 e. The molecule has 128 valence electrons. The van der Waals surface area contributed by atoms with Crippen LogP contribution in [0.5, 0.6) is 0 Å². The van der Waals surface area contributed by atoms with Crippen molar-refractivity contribution >= 4 is 16.9 Å². The van der Waals surface area contributed by atoms with Crippen LogP contribution in [0, 0.1) is 5.92 Å². The van der Waals surface area contributed by atoms with Crippen molar-refractivity contribution in [2.45, 2.75) is 26.4 Å². The molecule has 25 heavy (non-hydrogen) atoms. The van der Waals surface area contributed by atoms with Crippen LogP contribution in [0.15, 0.2) is 48.7 Å². The molecular weight excluding hydrogens is 312 g/mol. The van der Waals surface area contributed by atoms with Crippen molar-refractivity contribution in [1.29, 1.82) is 0 Å². The first-order chi connectivity index (χ1) is 12.2. The maximum Gasteiger partial charge on any atom is 0.195 e. The van der Waals surface area contributed by atoms with Gasteiger partial charge in [-0.05, 0) is 36.6 Å². The zero-order valence-electron chi connectivity index (χ0n) is 14.4. The second-order valence-corrected chi connectivity index (χ2v) is 6.82. The smallest absolute Gasteiger partial charge is 0.195 e. The van der Waals surface area contributed by atoms with Crippen LogP contribution >= 0.6 is 0 Å². The van der Waals surface area contributed by atoms with Gasteiger partial charge in [-0.3, -0.25) is 9.69 Å². The zero-order valence-corrected chi connectivity index (χ0v) is 14.4. The minimum Gasteiger partial charge on any atom is -0.306 e. The van der Waals surface area contributed by atoms with E-state index in [2.05, 4.69) is 45.2 Å². The summed E-state index contributed by atoms with van der Waals surface area (Å²) in [4.78, 5) is 23.4. The number of rotatable bonds is 5. The number of hydrogen-bond acceptors (Lipinski definition) is 4. The quantitative estimate of drug-likeness (QED) is 0.673. The second-order valence-electron chi connectivity index (χ2n) is 6.82. The normalized spacial score (nSPS) is 18.0. The minimum absolute atomic E-state index is 0.00265. The molecule has 3 aromatic rings. The monoisotopic (exact) mass is 334 g/mol. The third kappa shape index (κ3) is 3.33. The molecule has 1 atom stereocenters. The Morgan fingerprint density at radius 1 is 1.20 bits per heavy atom. The molecular formula is C20H22N4O. The van der Waals surface area contributed by atoms with Gasteiger partial charge in [0.15, 0.2) is 17.3 Å². The Morgan fingerprint density at radius 3 is 2.84 bits per heavy atom. The first kappa shape index (κ1) is 16.0. The molecule has 1 aliphatic heterocycles. The van der Waals surface area contributed by atoms with Crippen LogP contribution in [0.2, 0.25) is 0 Å². The van der Waals surface area contributed by atoms with Crippen LogP contribution in [0.1, 0.15) is 29.5 Å². The maximum atomic E-state index is 12.0. The van der Waals surface area contributed by atoms with Gasteiger partial charge >= 0.3 is 0 Å². The highest BCUT2D eigenvalue weighted by molar-refractivity contribution is 5.94. The average Bonchev–Trinajstić information content (AvgIpc) is 3.21. The molecule has 0 aliphatic carbocycles. The lowest BCUT2D eigenvalue weighted by molar-refractivity contribution is 0.0999. The van der Waals surface area contributed by atoms with E-state index in [0.717, 1.165) is 43.8 Å². The Morgan fingerprint density at radius 2 is 2.04 bits per heavy atom. The fraction of sp³-hybridized carbons (Fsp3) is 0.350. The van der Waals surface area contributed by atoms with E-state index in [-0.39, 0.29) is 5.78 Å². The molecule has 1 aromatic carbocycles. The Hall–Kier alpha value is -2.53. The van der Waals surface area contributed by atoms with Gasteiger partial charge in [-0.25, -0.2) is 9.97 Å². The van der Waals surface area contributed by atoms with Gasteiger partial charge in [0.05, 0.1) is 0 Å². The molecule has 0 N–H and O–H groups in total. The molecule has 0 saturated carbocycles. The molecule has 0 amide bonds. The van der Waals surface area contributed by atoms with Crippen molar-refractivity contribution in [2.24, 2.45) is 5.92 Å². The SMILES string of the molecule is CC(=O)c1nc2cccnc2n1C[C@@H]1CCN(Cc2ccccc2)C1. The molecule has 3 heterocycles. The molecule has 1 fully saturated rings. The number of nitrogens with zero attached hydrogens (tertiary/aromatic N) is 4. The van der Waals surface area contributed by atoms with Crippen LogP contribution in [-0.4, -0.2) is 38.3 Å². The molecule has 0 bridgehead atoms. The van der Waals surface area contributed by atoms with E-state index in [9.17, 15) is 4.79 Å². The van der Waals surface area contributed by atoms with Gasteiger partial charge in [-0.15, -0.1) is 0 Å². The summed E-state index contributed by atoms with van der Waals surface area (Å²) in [5.41, 5.74) is 2.96. The highest BCUT2D eigenvalue weighted by atomic mass is 16.1. The van der Waals surface area contributed by atoms with Gasteiger partial charge in [0.2, 0.25) is 0 Å². The van der Waals surface area contributed by atoms with E-state index in [0.29, 0.717) is 11.7 Å². The van der Waals surface area contributed by atoms with E-state index in [1.165, 1.54) is 5.56 Å². The molecule has 1 saturated heterocycles. The van der Waals surface area contributed by atoms with Crippen LogP contribution in [0.3, 0.4) is 0 Å². The number of benzene rings is 1. The van der Waals surface area contributed by atoms with Crippen LogP contribution in [-0.2, 0) is 13.1 Å². The summed E-state index contributed by atoms with van der Waals surface area (Å²) in [7, 11) is 0. The fourth-order valence-corrected chi connectivity index (χ4v) is 3.71. The molecule has 0 unspecified atom stereocenters. The Bertz CT molecular complexity index is 887. The summed E-state index contributed by atoms with van der Waals surface area (Å²) in [6.45, 7) is 5.50. The lowest BCUT2D eigenvalue weighted by Gasteiger charge is -2.17. The predicted octanol–water partition coefficient (Wildman–Crippen LogP) is 3.16. The second kappa shape index (κ2) is 6.76. The van der Waals surface area contributed by atoms with Gasteiger partial charge in [0, 0.05) is 32.8 Å². The van der Waals surface area contributed by atoms with Gasteiger partial charge < -0.3 is 4.57 Å². The number of carbonyl (C=O) groups excluding carboxylic acids is 1. The van der Waals surface area contributed by atoms with Crippen molar-refractivity contribution in [1.82, 2.24) is 19.4 Å². The standard InChI is InChI=1S/C20H22N4O/c1-15(25)19-22-18-8-5-10-21-20(18)24(19)14-17-9-11-23(13-17)12-16-6-3-2-4-7-16/h2-8,10,17H,9,11-14H2,1H3/t17-/m1/s1. The molecule has 1 aliphatic rings. The van der Waals surface area contributed by atoms with Gasteiger partial charge in [-0.1, -0.05) is 30.3 Å². The summed E-state index contributed by atoms with van der Waals surface area (Å²) in [6, 6.07) is 14.4. The van der Waals surface area contributed by atoms with E-state index in [1.54, 1.807) is 13.1 Å². The molecule has 4 rings (SSSR count). The summed E-state index contributed by atoms with van der Waals surface area (Å²) in [5, 5.41) is 0. The zero-order chi connectivity index (χ0) is 17.2. The summed E-state index contributed by atoms with van der Waals surface area (Å²) in [5.74, 6) is 1.04. The highest BCUT2D eigenvalue weighted by Crippen LogP contribution is 2.23.